The van der Waals surface area contributed by atoms with Gasteiger partial charge in [-0.15, -0.1) is 0 Å². The minimum absolute atomic E-state index is 0.407. The molecule has 0 unspecified atom stereocenters. The Bertz CT molecular complexity index is 596. The molecule has 0 atom stereocenters. The highest BCUT2D eigenvalue weighted by Crippen LogP contribution is 2.20. The third-order valence-electron chi connectivity index (χ3n) is 2.96. The van der Waals surface area contributed by atoms with E-state index >= 15 is 0 Å². The maximum absolute atomic E-state index is 11.3. The molecule has 2 aromatic carbocycles. The van der Waals surface area contributed by atoms with Crippen LogP contribution in [0.25, 0.3) is 0 Å². The molecule has 4 heteroatoms. The minimum Gasteiger partial charge on any atom is -0.493 e. The van der Waals surface area contributed by atoms with Crippen LogP contribution in [0.3, 0.4) is 0 Å². The maximum atomic E-state index is 11.3. The quantitative estimate of drug-likeness (QED) is 0.796. The lowest BCUT2D eigenvalue weighted by molar-refractivity contribution is 0.0996. The van der Waals surface area contributed by atoms with Gasteiger partial charge < -0.3 is 15.2 Å². The molecule has 0 aromatic heterocycles. The summed E-state index contributed by atoms with van der Waals surface area (Å²) in [6.45, 7) is 2.97. The third kappa shape index (κ3) is 4.53. The van der Waals surface area contributed by atoms with Gasteiger partial charge in [-0.2, -0.15) is 0 Å². The van der Waals surface area contributed by atoms with Crippen LogP contribution in [0.5, 0.6) is 11.5 Å². The lowest BCUT2D eigenvalue weighted by Gasteiger charge is -2.11. The number of amides is 1. The molecule has 0 aliphatic rings. The summed E-state index contributed by atoms with van der Waals surface area (Å²) in [4.78, 5) is 11.3. The van der Waals surface area contributed by atoms with Crippen molar-refractivity contribution < 1.29 is 14.3 Å². The monoisotopic (exact) mass is 285 g/mol. The molecule has 1 amide bonds. The first-order valence-corrected chi connectivity index (χ1v) is 6.88. The summed E-state index contributed by atoms with van der Waals surface area (Å²) < 4.78 is 11.2. The van der Waals surface area contributed by atoms with Crippen LogP contribution in [0.15, 0.2) is 48.5 Å². The zero-order valence-corrected chi connectivity index (χ0v) is 12.0. The van der Waals surface area contributed by atoms with Crippen LogP contribution in [0, 0.1) is 6.92 Å². The van der Waals surface area contributed by atoms with Gasteiger partial charge in [-0.1, -0.05) is 24.3 Å². The molecule has 21 heavy (non-hydrogen) atoms. The van der Waals surface area contributed by atoms with E-state index in [-0.39, 0.29) is 0 Å². The number of ether oxygens (including phenoxy) is 2. The molecular formula is C17H19NO3. The second-order valence-electron chi connectivity index (χ2n) is 4.73. The lowest BCUT2D eigenvalue weighted by atomic mass is 10.1. The zero-order chi connectivity index (χ0) is 15.1. The van der Waals surface area contributed by atoms with Crippen molar-refractivity contribution in [1.82, 2.24) is 0 Å². The Hall–Kier alpha value is -2.49. The zero-order valence-electron chi connectivity index (χ0n) is 12.0. The molecule has 2 aromatic rings. The van der Waals surface area contributed by atoms with E-state index in [0.717, 1.165) is 17.7 Å². The summed E-state index contributed by atoms with van der Waals surface area (Å²) in [7, 11) is 0. The number of para-hydroxylation sites is 1. The van der Waals surface area contributed by atoms with Crippen LogP contribution in [-0.2, 0) is 0 Å². The largest absolute Gasteiger partial charge is 0.493 e. The van der Waals surface area contributed by atoms with Gasteiger partial charge in [0, 0.05) is 6.42 Å². The van der Waals surface area contributed by atoms with Crippen LogP contribution in [0.4, 0.5) is 0 Å². The summed E-state index contributed by atoms with van der Waals surface area (Å²) in [6.07, 6.45) is 0.723. The average Bonchev–Trinajstić information content (AvgIpc) is 2.48. The Morgan fingerprint density at radius 3 is 2.48 bits per heavy atom. The number of rotatable bonds is 7. The number of hydrogen-bond donors (Lipinski definition) is 1. The summed E-state index contributed by atoms with van der Waals surface area (Å²) in [5, 5.41) is 0. The van der Waals surface area contributed by atoms with Crippen LogP contribution >= 0.6 is 0 Å². The Morgan fingerprint density at radius 1 is 1.05 bits per heavy atom. The standard InChI is InChI=1S/C17H19NO3/c1-13-8-9-15(17(18)19)16(12-13)21-11-5-10-20-14-6-3-2-4-7-14/h2-4,6-9,12H,5,10-11H2,1H3,(H2,18,19). The predicted octanol–water partition coefficient (Wildman–Crippen LogP) is 2.94. The fourth-order valence-corrected chi connectivity index (χ4v) is 1.90. The summed E-state index contributed by atoms with van der Waals surface area (Å²) in [5.41, 5.74) is 6.76. The van der Waals surface area contributed by atoms with Gasteiger partial charge in [-0.25, -0.2) is 0 Å². The van der Waals surface area contributed by atoms with E-state index in [4.69, 9.17) is 15.2 Å². The molecule has 0 aliphatic carbocycles. The van der Waals surface area contributed by atoms with Crippen LogP contribution < -0.4 is 15.2 Å². The van der Waals surface area contributed by atoms with Gasteiger partial charge in [0.15, 0.2) is 0 Å². The SMILES string of the molecule is Cc1ccc(C(N)=O)c(OCCCOc2ccccc2)c1. The van der Waals surface area contributed by atoms with Crippen molar-refractivity contribution in [2.75, 3.05) is 13.2 Å². The van der Waals surface area contributed by atoms with E-state index in [2.05, 4.69) is 0 Å². The average molecular weight is 285 g/mol. The molecule has 4 nitrogen and oxygen atoms in total. The van der Waals surface area contributed by atoms with Crippen molar-refractivity contribution in [2.24, 2.45) is 5.73 Å². The van der Waals surface area contributed by atoms with Crippen molar-refractivity contribution in [3.8, 4) is 11.5 Å². The number of primary amides is 1. The van der Waals surface area contributed by atoms with Gasteiger partial charge in [0.25, 0.3) is 5.91 Å². The first-order chi connectivity index (χ1) is 10.2. The third-order valence-corrected chi connectivity index (χ3v) is 2.96. The molecule has 0 heterocycles. The summed E-state index contributed by atoms with van der Waals surface area (Å²) in [6, 6.07) is 15.0. The number of nitrogens with two attached hydrogens (primary N) is 1. The highest BCUT2D eigenvalue weighted by molar-refractivity contribution is 5.95. The van der Waals surface area contributed by atoms with Gasteiger partial charge >= 0.3 is 0 Å². The van der Waals surface area contributed by atoms with Gasteiger partial charge in [0.2, 0.25) is 0 Å². The van der Waals surface area contributed by atoms with E-state index in [1.54, 1.807) is 6.07 Å². The Balaban J connectivity index is 1.81. The topological polar surface area (TPSA) is 61.6 Å². The molecular weight excluding hydrogens is 266 g/mol. The first-order valence-electron chi connectivity index (χ1n) is 6.88. The van der Waals surface area contributed by atoms with Crippen molar-refractivity contribution >= 4 is 5.91 Å². The summed E-state index contributed by atoms with van der Waals surface area (Å²) in [5.74, 6) is 0.888. The number of benzene rings is 2. The van der Waals surface area contributed by atoms with Crippen molar-refractivity contribution in [3.63, 3.8) is 0 Å². The number of hydrogen-bond acceptors (Lipinski definition) is 3. The maximum Gasteiger partial charge on any atom is 0.252 e. The normalized spacial score (nSPS) is 10.1. The molecule has 0 spiro atoms. The van der Waals surface area contributed by atoms with Crippen molar-refractivity contribution in [2.45, 2.75) is 13.3 Å². The smallest absolute Gasteiger partial charge is 0.252 e. The second kappa shape index (κ2) is 7.33. The highest BCUT2D eigenvalue weighted by Gasteiger charge is 2.09. The Labute approximate surface area is 124 Å². The Morgan fingerprint density at radius 2 is 1.76 bits per heavy atom. The molecule has 0 radical (unpaired) electrons. The summed E-state index contributed by atoms with van der Waals surface area (Å²) >= 11 is 0. The molecule has 0 saturated carbocycles. The fourth-order valence-electron chi connectivity index (χ4n) is 1.90. The molecule has 0 saturated heterocycles. The number of carbonyl (C=O) groups excluding carboxylic acids is 1. The van der Waals surface area contributed by atoms with E-state index < -0.39 is 5.91 Å². The molecule has 0 bridgehead atoms. The molecule has 110 valence electrons. The van der Waals surface area contributed by atoms with E-state index in [9.17, 15) is 4.79 Å². The highest BCUT2D eigenvalue weighted by atomic mass is 16.5. The second-order valence-corrected chi connectivity index (χ2v) is 4.73. The van der Waals surface area contributed by atoms with Crippen molar-refractivity contribution in [3.05, 3.63) is 59.7 Å². The molecule has 0 aliphatic heterocycles. The van der Waals surface area contributed by atoms with Crippen LogP contribution in [-0.4, -0.2) is 19.1 Å². The lowest BCUT2D eigenvalue weighted by Crippen LogP contribution is -2.14. The van der Waals surface area contributed by atoms with Crippen molar-refractivity contribution in [1.29, 1.82) is 0 Å². The first kappa shape index (κ1) is 14.9. The molecule has 2 N–H and O–H groups in total. The molecule has 0 fully saturated rings. The fraction of sp³-hybridized carbons (Fsp3) is 0.235. The van der Waals surface area contributed by atoms with E-state index in [1.807, 2.05) is 49.4 Å². The van der Waals surface area contributed by atoms with Crippen LogP contribution in [0.1, 0.15) is 22.3 Å². The number of aryl methyl sites for hydroxylation is 1. The Kier molecular flexibility index (Phi) is 5.21. The van der Waals surface area contributed by atoms with Crippen LogP contribution in [0.2, 0.25) is 0 Å². The molecule has 2 rings (SSSR count). The van der Waals surface area contributed by atoms with Gasteiger partial charge in [-0.05, 0) is 36.8 Å². The van der Waals surface area contributed by atoms with E-state index in [1.165, 1.54) is 0 Å². The minimum atomic E-state index is -0.481. The predicted molar refractivity (Wildman–Crippen MR) is 81.7 cm³/mol. The van der Waals surface area contributed by atoms with E-state index in [0.29, 0.717) is 24.5 Å². The van der Waals surface area contributed by atoms with Gasteiger partial charge in [-0.3, -0.25) is 4.79 Å². The van der Waals surface area contributed by atoms with Gasteiger partial charge in [0.1, 0.15) is 11.5 Å². The van der Waals surface area contributed by atoms with Gasteiger partial charge in [0.05, 0.1) is 18.8 Å². The number of carbonyl (C=O) groups is 1.